The van der Waals surface area contributed by atoms with E-state index in [1.54, 1.807) is 12.0 Å². The first kappa shape index (κ1) is 20.5. The number of hydrogen-bond acceptors (Lipinski definition) is 3. The second kappa shape index (κ2) is 9.21. The lowest BCUT2D eigenvalue weighted by Crippen LogP contribution is -2.41. The van der Waals surface area contributed by atoms with Gasteiger partial charge >= 0.3 is 0 Å². The number of amides is 2. The van der Waals surface area contributed by atoms with Gasteiger partial charge in [0.2, 0.25) is 11.8 Å². The number of carbonyl (C=O) groups excluding carboxylic acids is 2. The standard InChI is InChI=1S/C22H28N2O3/c1-15-11-16(2)22(17(3)12-15)24(18(4)25)14-21(26)23-10-9-19-7-6-8-20(13-19)27-5/h6-8,11-13H,9-10,14H2,1-5H3,(H,23,26). The fraction of sp³-hybridized carbons (Fsp3) is 0.364. The van der Waals surface area contributed by atoms with Gasteiger partial charge in [0.1, 0.15) is 12.3 Å². The van der Waals surface area contributed by atoms with Crippen LogP contribution in [0.4, 0.5) is 5.69 Å². The van der Waals surface area contributed by atoms with Crippen molar-refractivity contribution in [2.45, 2.75) is 34.1 Å². The van der Waals surface area contributed by atoms with E-state index in [9.17, 15) is 9.59 Å². The molecule has 0 aliphatic carbocycles. The summed E-state index contributed by atoms with van der Waals surface area (Å²) in [4.78, 5) is 26.1. The molecule has 0 radical (unpaired) electrons. The number of anilines is 1. The predicted molar refractivity (Wildman–Crippen MR) is 108 cm³/mol. The Morgan fingerprint density at radius 2 is 1.74 bits per heavy atom. The molecule has 0 atom stereocenters. The summed E-state index contributed by atoms with van der Waals surface area (Å²) in [5.41, 5.74) is 5.03. The van der Waals surface area contributed by atoms with Gasteiger partial charge < -0.3 is 15.0 Å². The number of nitrogens with zero attached hydrogens (tertiary/aromatic N) is 1. The number of aryl methyl sites for hydroxylation is 3. The fourth-order valence-electron chi connectivity index (χ4n) is 3.32. The lowest BCUT2D eigenvalue weighted by Gasteiger charge is -2.25. The highest BCUT2D eigenvalue weighted by atomic mass is 16.5. The van der Waals surface area contributed by atoms with Crippen molar-refractivity contribution in [1.29, 1.82) is 0 Å². The van der Waals surface area contributed by atoms with Gasteiger partial charge in [0.05, 0.1) is 12.8 Å². The molecule has 5 nitrogen and oxygen atoms in total. The fourth-order valence-corrected chi connectivity index (χ4v) is 3.32. The van der Waals surface area contributed by atoms with Crippen LogP contribution in [0.25, 0.3) is 0 Å². The zero-order valence-electron chi connectivity index (χ0n) is 16.8. The number of benzene rings is 2. The van der Waals surface area contributed by atoms with Crippen LogP contribution in [-0.2, 0) is 16.0 Å². The largest absolute Gasteiger partial charge is 0.497 e. The third-order valence-corrected chi connectivity index (χ3v) is 4.46. The molecule has 5 heteroatoms. The molecule has 0 aliphatic rings. The summed E-state index contributed by atoms with van der Waals surface area (Å²) in [5, 5.41) is 2.90. The molecule has 0 aromatic heterocycles. The number of nitrogens with one attached hydrogen (secondary N) is 1. The van der Waals surface area contributed by atoms with Crippen LogP contribution in [0.1, 0.15) is 29.2 Å². The lowest BCUT2D eigenvalue weighted by atomic mass is 10.0. The van der Waals surface area contributed by atoms with E-state index in [4.69, 9.17) is 4.74 Å². The van der Waals surface area contributed by atoms with Crippen LogP contribution >= 0.6 is 0 Å². The molecule has 0 aliphatic heterocycles. The molecular formula is C22H28N2O3. The van der Waals surface area contributed by atoms with Gasteiger partial charge in [0, 0.05) is 13.5 Å². The quantitative estimate of drug-likeness (QED) is 0.815. The van der Waals surface area contributed by atoms with Gasteiger partial charge in [-0.3, -0.25) is 9.59 Å². The van der Waals surface area contributed by atoms with Crippen molar-refractivity contribution in [3.63, 3.8) is 0 Å². The van der Waals surface area contributed by atoms with E-state index < -0.39 is 0 Å². The van der Waals surface area contributed by atoms with E-state index in [0.29, 0.717) is 13.0 Å². The zero-order chi connectivity index (χ0) is 20.0. The Morgan fingerprint density at radius 3 is 2.33 bits per heavy atom. The average Bonchev–Trinajstić information content (AvgIpc) is 2.60. The molecule has 1 N–H and O–H groups in total. The van der Waals surface area contributed by atoms with Crippen LogP contribution < -0.4 is 15.0 Å². The summed E-state index contributed by atoms with van der Waals surface area (Å²) >= 11 is 0. The van der Waals surface area contributed by atoms with Crippen LogP contribution in [0.2, 0.25) is 0 Å². The van der Waals surface area contributed by atoms with Crippen LogP contribution in [-0.4, -0.2) is 32.0 Å². The summed E-state index contributed by atoms with van der Waals surface area (Å²) in [6, 6.07) is 11.8. The van der Waals surface area contributed by atoms with E-state index in [-0.39, 0.29) is 18.4 Å². The van der Waals surface area contributed by atoms with Gasteiger partial charge in [-0.15, -0.1) is 0 Å². The zero-order valence-corrected chi connectivity index (χ0v) is 16.8. The van der Waals surface area contributed by atoms with Gasteiger partial charge in [0.25, 0.3) is 0 Å². The second-order valence-corrected chi connectivity index (χ2v) is 6.80. The maximum atomic E-state index is 12.4. The van der Waals surface area contributed by atoms with Crippen LogP contribution in [0.15, 0.2) is 36.4 Å². The highest BCUT2D eigenvalue weighted by Gasteiger charge is 2.19. The van der Waals surface area contributed by atoms with Crippen LogP contribution in [0, 0.1) is 20.8 Å². The minimum Gasteiger partial charge on any atom is -0.497 e. The first-order valence-electron chi connectivity index (χ1n) is 9.07. The van der Waals surface area contributed by atoms with E-state index in [2.05, 4.69) is 5.32 Å². The molecule has 144 valence electrons. The van der Waals surface area contributed by atoms with Gasteiger partial charge in [-0.1, -0.05) is 29.8 Å². The summed E-state index contributed by atoms with van der Waals surface area (Å²) in [6.45, 7) is 7.95. The smallest absolute Gasteiger partial charge is 0.240 e. The molecule has 0 heterocycles. The minimum atomic E-state index is -0.174. The first-order chi connectivity index (χ1) is 12.8. The third-order valence-electron chi connectivity index (χ3n) is 4.46. The molecule has 0 bridgehead atoms. The average molecular weight is 368 g/mol. The van der Waals surface area contributed by atoms with Gasteiger partial charge in [-0.2, -0.15) is 0 Å². The Balaban J connectivity index is 2.00. The Kier molecular flexibility index (Phi) is 6.99. The summed E-state index contributed by atoms with van der Waals surface area (Å²) in [5.74, 6) is 0.479. The monoisotopic (exact) mass is 368 g/mol. The van der Waals surface area contributed by atoms with E-state index in [1.165, 1.54) is 6.92 Å². The summed E-state index contributed by atoms with van der Waals surface area (Å²) < 4.78 is 5.21. The maximum absolute atomic E-state index is 12.4. The van der Waals surface area contributed by atoms with Crippen molar-refractivity contribution in [2.75, 3.05) is 25.1 Å². The molecule has 2 amide bonds. The SMILES string of the molecule is COc1cccc(CCNC(=O)CN(C(C)=O)c2c(C)cc(C)cc2C)c1. The maximum Gasteiger partial charge on any atom is 0.240 e. The molecular weight excluding hydrogens is 340 g/mol. The number of carbonyl (C=O) groups is 2. The normalized spacial score (nSPS) is 10.4. The highest BCUT2D eigenvalue weighted by Crippen LogP contribution is 2.26. The molecule has 0 saturated carbocycles. The van der Waals surface area contributed by atoms with E-state index in [0.717, 1.165) is 33.7 Å². The number of rotatable bonds is 7. The van der Waals surface area contributed by atoms with Crippen LogP contribution in [0.5, 0.6) is 5.75 Å². The topological polar surface area (TPSA) is 58.6 Å². The number of hydrogen-bond donors (Lipinski definition) is 1. The molecule has 2 rings (SSSR count). The van der Waals surface area contributed by atoms with Crippen LogP contribution in [0.3, 0.4) is 0 Å². The molecule has 2 aromatic rings. The molecule has 27 heavy (non-hydrogen) atoms. The summed E-state index contributed by atoms with van der Waals surface area (Å²) in [7, 11) is 1.63. The van der Waals surface area contributed by atoms with Gasteiger partial charge in [-0.25, -0.2) is 0 Å². The second-order valence-electron chi connectivity index (χ2n) is 6.80. The van der Waals surface area contributed by atoms with Crippen molar-refractivity contribution < 1.29 is 14.3 Å². The molecule has 2 aromatic carbocycles. The Bertz CT molecular complexity index is 807. The third kappa shape index (κ3) is 5.58. The van der Waals surface area contributed by atoms with Gasteiger partial charge in [-0.05, 0) is 56.0 Å². The Morgan fingerprint density at radius 1 is 1.07 bits per heavy atom. The lowest BCUT2D eigenvalue weighted by molar-refractivity contribution is -0.123. The first-order valence-corrected chi connectivity index (χ1v) is 9.07. The van der Waals surface area contributed by atoms with Crippen molar-refractivity contribution in [3.05, 3.63) is 58.7 Å². The Hall–Kier alpha value is -2.82. The van der Waals surface area contributed by atoms with E-state index >= 15 is 0 Å². The molecule has 0 spiro atoms. The van der Waals surface area contributed by atoms with Gasteiger partial charge in [0.15, 0.2) is 0 Å². The number of methoxy groups -OCH3 is 1. The highest BCUT2D eigenvalue weighted by molar-refractivity contribution is 5.98. The van der Waals surface area contributed by atoms with E-state index in [1.807, 2.05) is 57.2 Å². The molecule has 0 saturated heterocycles. The number of ether oxygens (including phenoxy) is 1. The minimum absolute atomic E-state index is 0.0121. The predicted octanol–water partition coefficient (Wildman–Crippen LogP) is 3.33. The molecule has 0 unspecified atom stereocenters. The summed E-state index contributed by atoms with van der Waals surface area (Å²) in [6.07, 6.45) is 0.700. The Labute approximate surface area is 161 Å². The van der Waals surface area contributed by atoms with Crippen molar-refractivity contribution in [3.8, 4) is 5.75 Å². The van der Waals surface area contributed by atoms with Crippen molar-refractivity contribution >= 4 is 17.5 Å². The van der Waals surface area contributed by atoms with Crippen molar-refractivity contribution in [1.82, 2.24) is 5.32 Å². The van der Waals surface area contributed by atoms with Crippen molar-refractivity contribution in [2.24, 2.45) is 0 Å². The molecule has 0 fully saturated rings.